The summed E-state index contributed by atoms with van der Waals surface area (Å²) in [7, 11) is 1.82. The van der Waals surface area contributed by atoms with Crippen LogP contribution in [-0.4, -0.2) is 25.6 Å². The van der Waals surface area contributed by atoms with Crippen molar-refractivity contribution in [2.45, 2.75) is 31.7 Å². The molecule has 1 aromatic rings. The lowest BCUT2D eigenvalue weighted by molar-refractivity contribution is 0.628. The van der Waals surface area contributed by atoms with Gasteiger partial charge >= 0.3 is 0 Å². The van der Waals surface area contributed by atoms with Crippen molar-refractivity contribution in [2.24, 2.45) is 4.99 Å². The minimum absolute atomic E-state index is 0. The van der Waals surface area contributed by atoms with Gasteiger partial charge in [-0.15, -0.1) is 24.0 Å². The SMILES string of the molecule is CN=C(NCCCc1ccc(Cl)cc1)NC1CC=CC1.I. The van der Waals surface area contributed by atoms with Gasteiger partial charge in [-0.1, -0.05) is 35.9 Å². The quantitative estimate of drug-likeness (QED) is 0.251. The zero-order valence-electron chi connectivity index (χ0n) is 12.3. The Balaban J connectivity index is 0.00000220. The number of hydrogen-bond donors (Lipinski definition) is 2. The fourth-order valence-corrected chi connectivity index (χ4v) is 2.40. The Labute approximate surface area is 149 Å². The first-order chi connectivity index (χ1) is 9.78. The molecule has 0 radical (unpaired) electrons. The van der Waals surface area contributed by atoms with E-state index in [4.69, 9.17) is 11.6 Å². The maximum Gasteiger partial charge on any atom is 0.191 e. The standard InChI is InChI=1S/C16H22ClN3.HI/c1-18-16(20-15-6-2-3-7-15)19-12-4-5-13-8-10-14(17)11-9-13;/h2-3,8-11,15H,4-7,12H2,1H3,(H2,18,19,20);1H. The molecule has 0 saturated carbocycles. The minimum atomic E-state index is 0. The van der Waals surface area contributed by atoms with Gasteiger partial charge in [-0.3, -0.25) is 4.99 Å². The van der Waals surface area contributed by atoms with E-state index >= 15 is 0 Å². The number of rotatable bonds is 5. The smallest absolute Gasteiger partial charge is 0.191 e. The third-order valence-corrected chi connectivity index (χ3v) is 3.67. The van der Waals surface area contributed by atoms with Crippen LogP contribution in [0.3, 0.4) is 0 Å². The fraction of sp³-hybridized carbons (Fsp3) is 0.438. The van der Waals surface area contributed by atoms with Crippen LogP contribution in [0.4, 0.5) is 0 Å². The van der Waals surface area contributed by atoms with Gasteiger partial charge < -0.3 is 10.6 Å². The lowest BCUT2D eigenvalue weighted by Gasteiger charge is -2.16. The van der Waals surface area contributed by atoms with Gasteiger partial charge in [-0.2, -0.15) is 0 Å². The summed E-state index contributed by atoms with van der Waals surface area (Å²) in [5.41, 5.74) is 1.32. The van der Waals surface area contributed by atoms with Gasteiger partial charge in [0.15, 0.2) is 5.96 Å². The van der Waals surface area contributed by atoms with Gasteiger partial charge in [0.1, 0.15) is 0 Å². The molecule has 0 aromatic heterocycles. The number of guanidine groups is 1. The van der Waals surface area contributed by atoms with Crippen LogP contribution >= 0.6 is 35.6 Å². The molecule has 1 aliphatic rings. The molecule has 0 heterocycles. The zero-order valence-corrected chi connectivity index (χ0v) is 15.4. The van der Waals surface area contributed by atoms with E-state index in [1.165, 1.54) is 5.56 Å². The molecule has 21 heavy (non-hydrogen) atoms. The lowest BCUT2D eigenvalue weighted by Crippen LogP contribution is -2.42. The van der Waals surface area contributed by atoms with Gasteiger partial charge in [0.2, 0.25) is 0 Å². The number of halogens is 2. The molecule has 0 atom stereocenters. The summed E-state index contributed by atoms with van der Waals surface area (Å²) in [5.74, 6) is 0.898. The van der Waals surface area contributed by atoms with Gasteiger partial charge in [0, 0.05) is 24.7 Å². The lowest BCUT2D eigenvalue weighted by atomic mass is 10.1. The van der Waals surface area contributed by atoms with E-state index in [1.807, 2.05) is 19.2 Å². The van der Waals surface area contributed by atoms with Crippen molar-refractivity contribution in [3.63, 3.8) is 0 Å². The molecule has 2 N–H and O–H groups in total. The molecule has 2 rings (SSSR count). The van der Waals surface area contributed by atoms with E-state index in [0.717, 1.165) is 43.2 Å². The van der Waals surface area contributed by atoms with Gasteiger partial charge in [0.25, 0.3) is 0 Å². The minimum Gasteiger partial charge on any atom is -0.356 e. The Hall–Kier alpha value is -0.750. The van der Waals surface area contributed by atoms with Crippen molar-refractivity contribution in [3.8, 4) is 0 Å². The summed E-state index contributed by atoms with van der Waals surface area (Å²) in [6.07, 6.45) is 8.73. The third-order valence-electron chi connectivity index (χ3n) is 3.42. The first kappa shape index (κ1) is 18.3. The van der Waals surface area contributed by atoms with Crippen LogP contribution in [-0.2, 0) is 6.42 Å². The Morgan fingerprint density at radius 1 is 1.24 bits per heavy atom. The van der Waals surface area contributed by atoms with Crippen LogP contribution in [0.25, 0.3) is 0 Å². The highest BCUT2D eigenvalue weighted by atomic mass is 127. The molecule has 3 nitrogen and oxygen atoms in total. The van der Waals surface area contributed by atoms with Crippen LogP contribution in [0.2, 0.25) is 5.02 Å². The number of aliphatic imine (C=N–C) groups is 1. The van der Waals surface area contributed by atoms with Gasteiger partial charge in [-0.05, 0) is 43.4 Å². The molecule has 1 aliphatic carbocycles. The molecule has 0 bridgehead atoms. The largest absolute Gasteiger partial charge is 0.356 e. The Morgan fingerprint density at radius 2 is 1.90 bits per heavy atom. The van der Waals surface area contributed by atoms with Crippen molar-refractivity contribution in [1.29, 1.82) is 0 Å². The highest BCUT2D eigenvalue weighted by Gasteiger charge is 2.10. The highest BCUT2D eigenvalue weighted by molar-refractivity contribution is 14.0. The van der Waals surface area contributed by atoms with E-state index in [2.05, 4.69) is 39.9 Å². The molecule has 0 amide bonds. The Morgan fingerprint density at radius 3 is 2.52 bits per heavy atom. The molecule has 0 aliphatic heterocycles. The second-order valence-electron chi connectivity index (χ2n) is 5.01. The van der Waals surface area contributed by atoms with Crippen molar-refractivity contribution in [1.82, 2.24) is 10.6 Å². The number of nitrogens with zero attached hydrogens (tertiary/aromatic N) is 1. The predicted molar refractivity (Wildman–Crippen MR) is 102 cm³/mol. The van der Waals surface area contributed by atoms with Crippen molar-refractivity contribution < 1.29 is 0 Å². The van der Waals surface area contributed by atoms with E-state index in [-0.39, 0.29) is 24.0 Å². The second-order valence-corrected chi connectivity index (χ2v) is 5.45. The first-order valence-electron chi connectivity index (χ1n) is 7.14. The number of aryl methyl sites for hydroxylation is 1. The normalized spacial score (nSPS) is 14.9. The highest BCUT2D eigenvalue weighted by Crippen LogP contribution is 2.11. The summed E-state index contributed by atoms with van der Waals surface area (Å²) in [6, 6.07) is 8.55. The summed E-state index contributed by atoms with van der Waals surface area (Å²) >= 11 is 5.87. The molecule has 1 aromatic carbocycles. The molecular weight excluding hydrogens is 397 g/mol. The van der Waals surface area contributed by atoms with Crippen LogP contribution in [0.5, 0.6) is 0 Å². The molecule has 116 valence electrons. The first-order valence-corrected chi connectivity index (χ1v) is 7.52. The van der Waals surface area contributed by atoms with Crippen molar-refractivity contribution in [2.75, 3.05) is 13.6 Å². The number of nitrogens with one attached hydrogen (secondary N) is 2. The third kappa shape index (κ3) is 6.70. The second kappa shape index (κ2) is 10.1. The molecular formula is C16H23ClIN3. The Bertz CT molecular complexity index is 463. The average molecular weight is 420 g/mol. The topological polar surface area (TPSA) is 36.4 Å². The molecule has 0 spiro atoms. The van der Waals surface area contributed by atoms with Crippen LogP contribution in [0.1, 0.15) is 24.8 Å². The average Bonchev–Trinajstić information content (AvgIpc) is 2.97. The van der Waals surface area contributed by atoms with Crippen LogP contribution in [0, 0.1) is 0 Å². The summed E-state index contributed by atoms with van der Waals surface area (Å²) < 4.78 is 0. The predicted octanol–water partition coefficient (Wildman–Crippen LogP) is 3.77. The van der Waals surface area contributed by atoms with E-state index in [0.29, 0.717) is 6.04 Å². The maximum atomic E-state index is 5.87. The van der Waals surface area contributed by atoms with Crippen molar-refractivity contribution >= 4 is 41.5 Å². The van der Waals surface area contributed by atoms with E-state index < -0.39 is 0 Å². The maximum absolute atomic E-state index is 5.87. The fourth-order valence-electron chi connectivity index (χ4n) is 2.27. The monoisotopic (exact) mass is 419 g/mol. The summed E-state index contributed by atoms with van der Waals surface area (Å²) in [5, 5.41) is 7.59. The van der Waals surface area contributed by atoms with E-state index in [9.17, 15) is 0 Å². The van der Waals surface area contributed by atoms with Gasteiger partial charge in [0.05, 0.1) is 0 Å². The van der Waals surface area contributed by atoms with Gasteiger partial charge in [-0.25, -0.2) is 0 Å². The molecule has 0 unspecified atom stereocenters. The van der Waals surface area contributed by atoms with Crippen LogP contribution < -0.4 is 10.6 Å². The number of benzene rings is 1. The van der Waals surface area contributed by atoms with Crippen LogP contribution in [0.15, 0.2) is 41.4 Å². The Kier molecular flexibility index (Phi) is 8.76. The molecule has 5 heteroatoms. The summed E-state index contributed by atoms with van der Waals surface area (Å²) in [6.45, 7) is 0.919. The van der Waals surface area contributed by atoms with E-state index in [1.54, 1.807) is 0 Å². The van der Waals surface area contributed by atoms with Crippen molar-refractivity contribution in [3.05, 3.63) is 47.0 Å². The number of hydrogen-bond acceptors (Lipinski definition) is 1. The molecule has 0 fully saturated rings. The summed E-state index contributed by atoms with van der Waals surface area (Å²) in [4.78, 5) is 4.26. The zero-order chi connectivity index (χ0) is 14.2. The molecule has 0 saturated heterocycles.